The number of benzene rings is 2. The van der Waals surface area contributed by atoms with Gasteiger partial charge < -0.3 is 5.32 Å². The Labute approximate surface area is 148 Å². The van der Waals surface area contributed by atoms with Crippen molar-refractivity contribution in [3.63, 3.8) is 0 Å². The molecule has 25 heavy (non-hydrogen) atoms. The first-order chi connectivity index (χ1) is 11.7. The number of carbonyl (C=O) groups is 1. The van der Waals surface area contributed by atoms with Crippen LogP contribution in [0.4, 0.5) is 5.69 Å². The van der Waals surface area contributed by atoms with Gasteiger partial charge in [-0.3, -0.25) is 9.10 Å². The molecule has 5 nitrogen and oxygen atoms in total. The Bertz CT molecular complexity index is 949. The fourth-order valence-electron chi connectivity index (χ4n) is 3.11. The Morgan fingerprint density at radius 3 is 2.52 bits per heavy atom. The molecule has 0 bridgehead atoms. The molecule has 0 unspecified atom stereocenters. The van der Waals surface area contributed by atoms with E-state index in [1.165, 1.54) is 4.31 Å². The molecule has 1 heterocycles. The van der Waals surface area contributed by atoms with Crippen molar-refractivity contribution in [2.24, 2.45) is 5.92 Å². The normalized spacial score (nSPS) is 14.8. The zero-order valence-corrected chi connectivity index (χ0v) is 15.6. The summed E-state index contributed by atoms with van der Waals surface area (Å²) in [5, 5.41) is 2.91. The van der Waals surface area contributed by atoms with Gasteiger partial charge in [-0.25, -0.2) is 8.42 Å². The Morgan fingerprint density at radius 2 is 1.84 bits per heavy atom. The topological polar surface area (TPSA) is 66.5 Å². The first-order valence-electron chi connectivity index (χ1n) is 8.24. The number of amides is 1. The van der Waals surface area contributed by atoms with Crippen LogP contribution in [0, 0.1) is 12.8 Å². The molecule has 0 atom stereocenters. The second kappa shape index (κ2) is 6.19. The molecule has 1 aliphatic rings. The molecule has 1 aliphatic heterocycles. The predicted octanol–water partition coefficient (Wildman–Crippen LogP) is 3.19. The number of carbonyl (C=O) groups excluding carboxylic acids is 1. The van der Waals surface area contributed by atoms with E-state index in [0.717, 1.165) is 11.1 Å². The molecule has 2 aromatic rings. The monoisotopic (exact) mass is 358 g/mol. The summed E-state index contributed by atoms with van der Waals surface area (Å²) < 4.78 is 26.8. The summed E-state index contributed by atoms with van der Waals surface area (Å²) in [6.07, 6.45) is 0. The lowest BCUT2D eigenvalue weighted by Gasteiger charge is -2.31. The highest BCUT2D eigenvalue weighted by Crippen LogP contribution is 2.44. The van der Waals surface area contributed by atoms with E-state index in [1.54, 1.807) is 37.4 Å². The standard InChI is InChI=1S/C19H22N2O3S/c1-12(2)11-20-19(22)14-9-13(3)18-16(10-14)15-7-5-6-8-17(15)25(23,24)21(18)4/h5-10,12H,11H2,1-4H3,(H,20,22). The average molecular weight is 358 g/mol. The van der Waals surface area contributed by atoms with Gasteiger partial charge >= 0.3 is 0 Å². The molecule has 0 saturated carbocycles. The smallest absolute Gasteiger partial charge is 0.264 e. The van der Waals surface area contributed by atoms with Crippen LogP contribution in [0.15, 0.2) is 41.3 Å². The molecule has 2 aromatic carbocycles. The maximum absolute atomic E-state index is 12.8. The summed E-state index contributed by atoms with van der Waals surface area (Å²) >= 11 is 0. The van der Waals surface area contributed by atoms with Crippen LogP contribution < -0.4 is 9.62 Å². The number of rotatable bonds is 3. The third-order valence-electron chi connectivity index (χ3n) is 4.36. The van der Waals surface area contributed by atoms with Crippen LogP contribution in [0.1, 0.15) is 29.8 Å². The first kappa shape index (κ1) is 17.5. The van der Waals surface area contributed by atoms with Gasteiger partial charge in [0.05, 0.1) is 10.6 Å². The fraction of sp³-hybridized carbons (Fsp3) is 0.316. The molecule has 1 N–H and O–H groups in total. The van der Waals surface area contributed by atoms with Gasteiger partial charge in [0.25, 0.3) is 15.9 Å². The molecule has 0 aromatic heterocycles. The first-order valence-corrected chi connectivity index (χ1v) is 9.68. The number of fused-ring (bicyclic) bond motifs is 3. The second-order valence-electron chi connectivity index (χ2n) is 6.76. The maximum Gasteiger partial charge on any atom is 0.264 e. The highest BCUT2D eigenvalue weighted by atomic mass is 32.2. The van der Waals surface area contributed by atoms with E-state index in [-0.39, 0.29) is 10.8 Å². The van der Waals surface area contributed by atoms with Crippen LogP contribution in [0.2, 0.25) is 0 Å². The van der Waals surface area contributed by atoms with Crippen molar-refractivity contribution >= 4 is 21.6 Å². The van der Waals surface area contributed by atoms with Crippen LogP contribution >= 0.6 is 0 Å². The quantitative estimate of drug-likeness (QED) is 0.916. The zero-order chi connectivity index (χ0) is 18.4. The lowest BCUT2D eigenvalue weighted by Crippen LogP contribution is -2.32. The minimum absolute atomic E-state index is 0.145. The van der Waals surface area contributed by atoms with E-state index < -0.39 is 10.0 Å². The van der Waals surface area contributed by atoms with Crippen LogP contribution in [-0.2, 0) is 10.0 Å². The lowest BCUT2D eigenvalue weighted by atomic mass is 9.96. The summed E-state index contributed by atoms with van der Waals surface area (Å²) in [5.41, 5.74) is 3.33. The predicted molar refractivity (Wildman–Crippen MR) is 99.4 cm³/mol. The molecule has 0 fully saturated rings. The molecule has 0 aliphatic carbocycles. The van der Waals surface area contributed by atoms with E-state index in [2.05, 4.69) is 5.32 Å². The lowest BCUT2D eigenvalue weighted by molar-refractivity contribution is 0.0949. The number of sulfonamides is 1. The van der Waals surface area contributed by atoms with Gasteiger partial charge in [-0.1, -0.05) is 32.0 Å². The summed E-state index contributed by atoms with van der Waals surface area (Å²) in [5.74, 6) is 0.216. The number of nitrogens with one attached hydrogen (secondary N) is 1. The summed E-state index contributed by atoms with van der Waals surface area (Å²) in [7, 11) is -2.03. The van der Waals surface area contributed by atoms with Crippen molar-refractivity contribution in [2.75, 3.05) is 17.9 Å². The van der Waals surface area contributed by atoms with E-state index in [1.807, 2.05) is 26.8 Å². The molecular formula is C19H22N2O3S. The van der Waals surface area contributed by atoms with Crippen molar-refractivity contribution in [1.82, 2.24) is 5.32 Å². The van der Waals surface area contributed by atoms with Gasteiger partial charge in [0.1, 0.15) is 0 Å². The van der Waals surface area contributed by atoms with Crippen molar-refractivity contribution in [3.8, 4) is 11.1 Å². The van der Waals surface area contributed by atoms with Gasteiger partial charge in [0, 0.05) is 30.3 Å². The molecule has 0 spiro atoms. The van der Waals surface area contributed by atoms with Gasteiger partial charge in [-0.2, -0.15) is 0 Å². The maximum atomic E-state index is 12.8. The van der Waals surface area contributed by atoms with E-state index in [4.69, 9.17) is 0 Å². The van der Waals surface area contributed by atoms with Gasteiger partial charge in [-0.15, -0.1) is 0 Å². The van der Waals surface area contributed by atoms with Crippen LogP contribution in [-0.4, -0.2) is 27.9 Å². The molecule has 1 amide bonds. The number of hydrogen-bond donors (Lipinski definition) is 1. The molecule has 132 valence electrons. The number of anilines is 1. The van der Waals surface area contributed by atoms with Gasteiger partial charge in [0.2, 0.25) is 0 Å². The molecule has 0 radical (unpaired) electrons. The number of nitrogens with zero attached hydrogens (tertiary/aromatic N) is 1. The van der Waals surface area contributed by atoms with E-state index in [0.29, 0.717) is 29.3 Å². The Balaban J connectivity index is 2.17. The van der Waals surface area contributed by atoms with Crippen molar-refractivity contribution < 1.29 is 13.2 Å². The van der Waals surface area contributed by atoms with Gasteiger partial charge in [-0.05, 0) is 36.6 Å². The Morgan fingerprint density at radius 1 is 1.16 bits per heavy atom. The van der Waals surface area contributed by atoms with Crippen LogP contribution in [0.25, 0.3) is 11.1 Å². The van der Waals surface area contributed by atoms with Crippen LogP contribution in [0.3, 0.4) is 0 Å². The fourth-order valence-corrected chi connectivity index (χ4v) is 4.60. The van der Waals surface area contributed by atoms with E-state index in [9.17, 15) is 13.2 Å². The molecule has 0 saturated heterocycles. The summed E-state index contributed by atoms with van der Waals surface area (Å²) in [4.78, 5) is 12.7. The third-order valence-corrected chi connectivity index (χ3v) is 6.18. The Kier molecular flexibility index (Phi) is 4.33. The van der Waals surface area contributed by atoms with Crippen molar-refractivity contribution in [3.05, 3.63) is 47.5 Å². The number of hydrogen-bond acceptors (Lipinski definition) is 3. The van der Waals surface area contributed by atoms with Crippen molar-refractivity contribution in [1.29, 1.82) is 0 Å². The van der Waals surface area contributed by atoms with E-state index >= 15 is 0 Å². The molecule has 3 rings (SSSR count). The minimum atomic E-state index is -3.58. The second-order valence-corrected chi connectivity index (χ2v) is 8.70. The number of aryl methyl sites for hydroxylation is 1. The Hall–Kier alpha value is -2.34. The van der Waals surface area contributed by atoms with Crippen LogP contribution in [0.5, 0.6) is 0 Å². The third kappa shape index (κ3) is 2.91. The summed E-state index contributed by atoms with van der Waals surface area (Å²) in [6, 6.07) is 10.4. The molecule has 6 heteroatoms. The van der Waals surface area contributed by atoms with Gasteiger partial charge in [0.15, 0.2) is 0 Å². The highest BCUT2D eigenvalue weighted by molar-refractivity contribution is 7.93. The largest absolute Gasteiger partial charge is 0.352 e. The minimum Gasteiger partial charge on any atom is -0.352 e. The highest BCUT2D eigenvalue weighted by Gasteiger charge is 2.33. The summed E-state index contributed by atoms with van der Waals surface area (Å²) in [6.45, 7) is 6.50. The SMILES string of the molecule is Cc1cc(C(=O)NCC(C)C)cc2c1N(C)S(=O)(=O)c1ccccc1-2. The van der Waals surface area contributed by atoms with Crippen molar-refractivity contribution in [2.45, 2.75) is 25.7 Å². The zero-order valence-electron chi connectivity index (χ0n) is 14.8. The average Bonchev–Trinajstić information content (AvgIpc) is 2.57. The molecular weight excluding hydrogens is 336 g/mol.